The lowest BCUT2D eigenvalue weighted by Crippen LogP contribution is -2.25. The molecule has 0 aliphatic heterocycles. The van der Waals surface area contributed by atoms with E-state index in [9.17, 15) is 9.59 Å². The molecule has 8 heteroatoms. The third-order valence-corrected chi connectivity index (χ3v) is 4.57. The second-order valence-corrected chi connectivity index (χ2v) is 6.96. The predicted molar refractivity (Wildman–Crippen MR) is 115 cm³/mol. The van der Waals surface area contributed by atoms with Gasteiger partial charge in [0, 0.05) is 43.4 Å². The van der Waals surface area contributed by atoms with E-state index in [0.29, 0.717) is 17.1 Å². The largest absolute Gasteiger partial charge is 0.497 e. The maximum absolute atomic E-state index is 12.7. The molecule has 152 valence electrons. The minimum Gasteiger partial charge on any atom is -0.497 e. The Kier molecular flexibility index (Phi) is 6.13. The highest BCUT2D eigenvalue weighted by molar-refractivity contribution is 6.05. The molecule has 0 fully saturated rings. The first-order valence-corrected chi connectivity index (χ1v) is 9.23. The molecule has 0 atom stereocenters. The van der Waals surface area contributed by atoms with E-state index in [2.05, 4.69) is 20.5 Å². The number of hydrogen-bond donors (Lipinski definition) is 2. The monoisotopic (exact) mass is 395 g/mol. The number of amides is 1. The molecule has 2 aromatic heterocycles. The second-order valence-electron chi connectivity index (χ2n) is 6.96. The molecule has 1 amide bonds. The number of aromatic nitrogens is 2. The quantitative estimate of drug-likeness (QED) is 0.637. The summed E-state index contributed by atoms with van der Waals surface area (Å²) in [5.74, 6) is 0.993. The number of pyridine rings is 2. The number of nitrogens with one attached hydrogen (secondary N) is 2. The van der Waals surface area contributed by atoms with Crippen LogP contribution >= 0.6 is 0 Å². The lowest BCUT2D eigenvalue weighted by atomic mass is 10.2. The molecule has 0 unspecified atom stereocenters. The lowest BCUT2D eigenvalue weighted by molar-refractivity contribution is 0.102. The molecular weight excluding hydrogens is 370 g/mol. The summed E-state index contributed by atoms with van der Waals surface area (Å²) >= 11 is 0. The normalized spacial score (nSPS) is 10.9. The summed E-state index contributed by atoms with van der Waals surface area (Å²) in [4.78, 5) is 31.7. The molecular formula is C21H25N5O3. The highest BCUT2D eigenvalue weighted by Crippen LogP contribution is 2.19. The Labute approximate surface area is 169 Å². The van der Waals surface area contributed by atoms with Gasteiger partial charge in [0.2, 0.25) is 0 Å². The number of nitrogens with zero attached hydrogens (tertiary/aromatic N) is 3. The molecule has 0 spiro atoms. The zero-order valence-electron chi connectivity index (χ0n) is 17.0. The Balaban J connectivity index is 1.84. The summed E-state index contributed by atoms with van der Waals surface area (Å²) in [7, 11) is 7.24. The van der Waals surface area contributed by atoms with Gasteiger partial charge in [0.1, 0.15) is 17.3 Å². The number of methoxy groups -OCH3 is 1. The third kappa shape index (κ3) is 4.72. The lowest BCUT2D eigenvalue weighted by Gasteiger charge is -2.13. The topological polar surface area (TPSA) is 88.5 Å². The van der Waals surface area contributed by atoms with E-state index in [4.69, 9.17) is 4.74 Å². The molecule has 3 rings (SSSR count). The third-order valence-electron chi connectivity index (χ3n) is 4.57. The van der Waals surface area contributed by atoms with Gasteiger partial charge in [0.25, 0.3) is 11.5 Å². The number of fused-ring (bicyclic) bond motifs is 1. The van der Waals surface area contributed by atoms with Crippen molar-refractivity contribution in [2.24, 2.45) is 7.05 Å². The molecule has 2 heterocycles. The van der Waals surface area contributed by atoms with Crippen LogP contribution in [0.4, 0.5) is 11.5 Å². The second kappa shape index (κ2) is 8.74. The van der Waals surface area contributed by atoms with Crippen molar-refractivity contribution in [1.29, 1.82) is 0 Å². The fourth-order valence-electron chi connectivity index (χ4n) is 2.90. The summed E-state index contributed by atoms with van der Waals surface area (Å²) < 4.78 is 6.61. The van der Waals surface area contributed by atoms with Crippen LogP contribution in [0.3, 0.4) is 0 Å². The highest BCUT2D eigenvalue weighted by Gasteiger charge is 2.12. The molecule has 0 saturated heterocycles. The maximum Gasteiger partial charge on any atom is 0.274 e. The van der Waals surface area contributed by atoms with Gasteiger partial charge >= 0.3 is 0 Å². The van der Waals surface area contributed by atoms with Crippen LogP contribution in [0.25, 0.3) is 10.9 Å². The van der Waals surface area contributed by atoms with Crippen molar-refractivity contribution >= 4 is 28.3 Å². The molecule has 8 nitrogen and oxygen atoms in total. The molecule has 0 bridgehead atoms. The fourth-order valence-corrected chi connectivity index (χ4v) is 2.90. The number of anilines is 2. The summed E-state index contributed by atoms with van der Waals surface area (Å²) in [6.45, 7) is 1.62. The van der Waals surface area contributed by atoms with Crippen LogP contribution in [0, 0.1) is 0 Å². The van der Waals surface area contributed by atoms with Crippen molar-refractivity contribution in [2.75, 3.05) is 44.9 Å². The molecule has 0 radical (unpaired) electrons. The Bertz CT molecular complexity index is 1070. The Morgan fingerprint density at radius 2 is 1.93 bits per heavy atom. The number of likely N-dealkylation sites (N-methyl/N-ethyl adjacent to an activating group) is 1. The van der Waals surface area contributed by atoms with Crippen LogP contribution in [0.1, 0.15) is 10.4 Å². The van der Waals surface area contributed by atoms with Gasteiger partial charge in [-0.05, 0) is 44.4 Å². The number of carbonyl (C=O) groups is 1. The van der Waals surface area contributed by atoms with E-state index in [-0.39, 0.29) is 17.2 Å². The first-order valence-electron chi connectivity index (χ1n) is 9.23. The zero-order chi connectivity index (χ0) is 21.0. The van der Waals surface area contributed by atoms with Gasteiger partial charge in [0.15, 0.2) is 0 Å². The van der Waals surface area contributed by atoms with E-state index in [1.165, 1.54) is 4.57 Å². The number of carbonyl (C=O) groups excluding carboxylic acids is 1. The van der Waals surface area contributed by atoms with Crippen molar-refractivity contribution in [3.63, 3.8) is 0 Å². The number of ether oxygens (including phenoxy) is 1. The van der Waals surface area contributed by atoms with Crippen LogP contribution in [0.2, 0.25) is 0 Å². The van der Waals surface area contributed by atoms with Gasteiger partial charge < -0.3 is 24.8 Å². The van der Waals surface area contributed by atoms with E-state index in [1.807, 2.05) is 20.2 Å². The fraction of sp³-hybridized carbons (Fsp3) is 0.286. The predicted octanol–water partition coefficient (Wildman–Crippen LogP) is 2.17. The first kappa shape index (κ1) is 20.3. The number of rotatable bonds is 7. The van der Waals surface area contributed by atoms with Gasteiger partial charge in [-0.3, -0.25) is 9.59 Å². The highest BCUT2D eigenvalue weighted by atomic mass is 16.5. The van der Waals surface area contributed by atoms with Gasteiger partial charge in [-0.15, -0.1) is 0 Å². The van der Waals surface area contributed by atoms with Crippen molar-refractivity contribution in [2.45, 2.75) is 0 Å². The van der Waals surface area contributed by atoms with E-state index in [1.54, 1.807) is 50.7 Å². The summed E-state index contributed by atoms with van der Waals surface area (Å²) in [6.07, 6.45) is 1.69. The molecule has 29 heavy (non-hydrogen) atoms. The number of hydrogen-bond acceptors (Lipinski definition) is 6. The summed E-state index contributed by atoms with van der Waals surface area (Å²) in [6, 6.07) is 10.2. The van der Waals surface area contributed by atoms with Crippen LogP contribution in [-0.2, 0) is 7.05 Å². The van der Waals surface area contributed by atoms with Crippen molar-refractivity contribution in [3.05, 3.63) is 58.5 Å². The zero-order valence-corrected chi connectivity index (χ0v) is 17.0. The SMILES string of the molecule is COc1ccc(C(=O)Nc2cc3cnc(NCCN(C)C)cc3n(C)c2=O)cc1. The molecule has 0 saturated carbocycles. The summed E-state index contributed by atoms with van der Waals surface area (Å²) in [5.41, 5.74) is 1.09. The minimum absolute atomic E-state index is 0.205. The van der Waals surface area contributed by atoms with E-state index < -0.39 is 0 Å². The van der Waals surface area contributed by atoms with Gasteiger partial charge in [0.05, 0.1) is 12.6 Å². The maximum atomic E-state index is 12.7. The first-order chi connectivity index (χ1) is 13.9. The van der Waals surface area contributed by atoms with Gasteiger partial charge in [-0.25, -0.2) is 4.98 Å². The average Bonchev–Trinajstić information content (AvgIpc) is 2.72. The van der Waals surface area contributed by atoms with Crippen LogP contribution < -0.4 is 20.9 Å². The Morgan fingerprint density at radius 1 is 1.21 bits per heavy atom. The van der Waals surface area contributed by atoms with Gasteiger partial charge in [-0.1, -0.05) is 0 Å². The Hall–Kier alpha value is -3.39. The smallest absolute Gasteiger partial charge is 0.274 e. The Morgan fingerprint density at radius 3 is 2.59 bits per heavy atom. The van der Waals surface area contributed by atoms with Crippen molar-refractivity contribution in [1.82, 2.24) is 14.5 Å². The van der Waals surface area contributed by atoms with Crippen molar-refractivity contribution in [3.8, 4) is 5.75 Å². The average molecular weight is 395 g/mol. The molecule has 0 aliphatic carbocycles. The summed E-state index contributed by atoms with van der Waals surface area (Å²) in [5, 5.41) is 6.70. The van der Waals surface area contributed by atoms with Crippen LogP contribution in [-0.4, -0.2) is 54.7 Å². The van der Waals surface area contributed by atoms with E-state index >= 15 is 0 Å². The minimum atomic E-state index is -0.362. The van der Waals surface area contributed by atoms with E-state index in [0.717, 1.165) is 24.0 Å². The molecule has 3 aromatic rings. The molecule has 0 aliphatic rings. The molecule has 1 aromatic carbocycles. The van der Waals surface area contributed by atoms with Gasteiger partial charge in [-0.2, -0.15) is 0 Å². The molecule has 2 N–H and O–H groups in total. The van der Waals surface area contributed by atoms with Crippen LogP contribution in [0.5, 0.6) is 5.75 Å². The van der Waals surface area contributed by atoms with Crippen LogP contribution in [0.15, 0.2) is 47.4 Å². The number of benzene rings is 1. The standard InChI is InChI=1S/C21H25N5O3/c1-25(2)10-9-22-19-12-18-15(13-23-19)11-17(21(28)26(18)3)24-20(27)14-5-7-16(29-4)8-6-14/h5-8,11-13H,9-10H2,1-4H3,(H,22,23)(H,24,27). The van der Waals surface area contributed by atoms with Crippen molar-refractivity contribution < 1.29 is 9.53 Å². The number of aryl methyl sites for hydroxylation is 1.